The van der Waals surface area contributed by atoms with E-state index in [-0.39, 0.29) is 5.91 Å². The van der Waals surface area contributed by atoms with Gasteiger partial charge < -0.3 is 10.3 Å². The van der Waals surface area contributed by atoms with Crippen LogP contribution in [0.5, 0.6) is 0 Å². The van der Waals surface area contributed by atoms with Gasteiger partial charge in [-0.25, -0.2) is 4.98 Å². The molecule has 0 fully saturated rings. The molecule has 4 nitrogen and oxygen atoms in total. The number of halogens is 1. The monoisotopic (exact) mass is 333 g/mol. The molecule has 1 aromatic carbocycles. The van der Waals surface area contributed by atoms with Crippen LogP contribution in [-0.2, 0) is 11.2 Å². The Balaban J connectivity index is 1.83. The van der Waals surface area contributed by atoms with Crippen molar-refractivity contribution < 1.29 is 4.79 Å². The van der Waals surface area contributed by atoms with E-state index in [4.69, 9.17) is 0 Å². The predicted octanol–water partition coefficient (Wildman–Crippen LogP) is 2.85. The first-order chi connectivity index (χ1) is 9.65. The number of carbonyl (C=O) groups excluding carboxylic acids is 1. The largest absolute Gasteiger partial charge is 0.352 e. The first-order valence-corrected chi connectivity index (χ1v) is 7.15. The standard InChI is InChI=1S/C15H16BrN3O/c1-11-2-3-12(13(16)10-11)4-5-15(20)19-7-6-14-17-8-9-18-14/h2-5,8-10H,6-7H2,1H3,(H,17,18)(H,19,20)/b5-4+. The number of aryl methyl sites for hydroxylation is 1. The fourth-order valence-electron chi connectivity index (χ4n) is 1.73. The molecular formula is C15H16BrN3O. The summed E-state index contributed by atoms with van der Waals surface area (Å²) in [6.07, 6.45) is 7.50. The Kier molecular flexibility index (Phi) is 5.12. The topological polar surface area (TPSA) is 57.8 Å². The smallest absolute Gasteiger partial charge is 0.244 e. The molecule has 0 spiro atoms. The van der Waals surface area contributed by atoms with Crippen LogP contribution >= 0.6 is 15.9 Å². The Hall–Kier alpha value is -1.88. The molecule has 0 saturated carbocycles. The fraction of sp³-hybridized carbons (Fsp3) is 0.200. The van der Waals surface area contributed by atoms with Crippen molar-refractivity contribution >= 4 is 27.9 Å². The number of rotatable bonds is 5. The van der Waals surface area contributed by atoms with Crippen molar-refractivity contribution in [2.24, 2.45) is 0 Å². The summed E-state index contributed by atoms with van der Waals surface area (Å²) in [5.41, 5.74) is 2.16. The second-order valence-corrected chi connectivity index (χ2v) is 5.29. The van der Waals surface area contributed by atoms with Crippen LogP contribution in [0.15, 0.2) is 41.1 Å². The zero-order valence-corrected chi connectivity index (χ0v) is 12.8. The number of amides is 1. The van der Waals surface area contributed by atoms with Crippen molar-refractivity contribution in [2.45, 2.75) is 13.3 Å². The van der Waals surface area contributed by atoms with Crippen LogP contribution in [0.25, 0.3) is 6.08 Å². The second-order valence-electron chi connectivity index (χ2n) is 4.44. The molecule has 0 aliphatic heterocycles. The molecular weight excluding hydrogens is 318 g/mol. The average Bonchev–Trinajstić information content (AvgIpc) is 2.91. The van der Waals surface area contributed by atoms with Crippen LogP contribution in [0.1, 0.15) is 17.0 Å². The van der Waals surface area contributed by atoms with E-state index in [9.17, 15) is 4.79 Å². The number of nitrogens with one attached hydrogen (secondary N) is 2. The Morgan fingerprint density at radius 3 is 3.05 bits per heavy atom. The number of nitrogens with zero attached hydrogens (tertiary/aromatic N) is 1. The molecule has 20 heavy (non-hydrogen) atoms. The summed E-state index contributed by atoms with van der Waals surface area (Å²) < 4.78 is 0.983. The minimum absolute atomic E-state index is 0.107. The fourth-order valence-corrected chi connectivity index (χ4v) is 2.36. The van der Waals surface area contributed by atoms with E-state index in [2.05, 4.69) is 31.2 Å². The highest BCUT2D eigenvalue weighted by molar-refractivity contribution is 9.10. The number of carbonyl (C=O) groups is 1. The minimum Gasteiger partial charge on any atom is -0.352 e. The lowest BCUT2D eigenvalue weighted by molar-refractivity contribution is -0.116. The van der Waals surface area contributed by atoms with Crippen LogP contribution in [0.2, 0.25) is 0 Å². The Morgan fingerprint density at radius 2 is 2.35 bits per heavy atom. The van der Waals surface area contributed by atoms with Gasteiger partial charge in [0.25, 0.3) is 0 Å². The van der Waals surface area contributed by atoms with Crippen molar-refractivity contribution in [3.8, 4) is 0 Å². The van der Waals surface area contributed by atoms with Gasteiger partial charge in [-0.2, -0.15) is 0 Å². The lowest BCUT2D eigenvalue weighted by Crippen LogP contribution is -2.23. The van der Waals surface area contributed by atoms with Gasteiger partial charge in [0.1, 0.15) is 5.82 Å². The van der Waals surface area contributed by atoms with Crippen molar-refractivity contribution in [2.75, 3.05) is 6.54 Å². The van der Waals surface area contributed by atoms with Crippen LogP contribution in [0, 0.1) is 6.92 Å². The molecule has 5 heteroatoms. The SMILES string of the molecule is Cc1ccc(/C=C/C(=O)NCCc2ncc[nH]2)c(Br)c1. The van der Waals surface area contributed by atoms with Gasteiger partial charge >= 0.3 is 0 Å². The third-order valence-corrected chi connectivity index (χ3v) is 3.47. The van der Waals surface area contributed by atoms with Crippen molar-refractivity contribution in [3.05, 3.63) is 58.1 Å². The van der Waals surface area contributed by atoms with Gasteiger partial charge in [0.05, 0.1) is 0 Å². The molecule has 0 unspecified atom stereocenters. The molecule has 104 valence electrons. The highest BCUT2D eigenvalue weighted by atomic mass is 79.9. The van der Waals surface area contributed by atoms with E-state index >= 15 is 0 Å². The summed E-state index contributed by atoms with van der Waals surface area (Å²) >= 11 is 3.48. The zero-order valence-electron chi connectivity index (χ0n) is 11.2. The molecule has 0 aliphatic carbocycles. The van der Waals surface area contributed by atoms with E-state index in [1.54, 1.807) is 18.5 Å². The second kappa shape index (κ2) is 7.05. The third kappa shape index (κ3) is 4.35. The molecule has 0 aliphatic rings. The number of hydrogen-bond acceptors (Lipinski definition) is 2. The van der Waals surface area contributed by atoms with Gasteiger partial charge in [-0.05, 0) is 30.2 Å². The first-order valence-electron chi connectivity index (χ1n) is 6.35. The maximum absolute atomic E-state index is 11.7. The van der Waals surface area contributed by atoms with Crippen LogP contribution < -0.4 is 5.32 Å². The first kappa shape index (κ1) is 14.5. The molecule has 1 heterocycles. The van der Waals surface area contributed by atoms with Crippen LogP contribution in [0.3, 0.4) is 0 Å². The molecule has 0 atom stereocenters. The number of aromatic amines is 1. The maximum Gasteiger partial charge on any atom is 0.244 e. The van der Waals surface area contributed by atoms with Crippen LogP contribution in [0.4, 0.5) is 0 Å². The number of H-pyrrole nitrogens is 1. The van der Waals surface area contributed by atoms with E-state index in [1.807, 2.05) is 25.1 Å². The zero-order chi connectivity index (χ0) is 14.4. The number of benzene rings is 1. The summed E-state index contributed by atoms with van der Waals surface area (Å²) in [6, 6.07) is 6.01. The molecule has 1 amide bonds. The Morgan fingerprint density at radius 1 is 1.50 bits per heavy atom. The normalized spacial score (nSPS) is 10.9. The summed E-state index contributed by atoms with van der Waals surface area (Å²) in [5, 5.41) is 2.82. The number of imidazole rings is 1. The van der Waals surface area contributed by atoms with Crippen molar-refractivity contribution in [1.82, 2.24) is 15.3 Å². The average molecular weight is 334 g/mol. The van der Waals surface area contributed by atoms with Gasteiger partial charge in [0, 0.05) is 35.9 Å². The molecule has 0 saturated heterocycles. The maximum atomic E-state index is 11.7. The molecule has 2 aromatic rings. The van der Waals surface area contributed by atoms with E-state index in [0.29, 0.717) is 13.0 Å². The van der Waals surface area contributed by atoms with Gasteiger partial charge in [0.2, 0.25) is 5.91 Å². The highest BCUT2D eigenvalue weighted by Gasteiger charge is 1.99. The summed E-state index contributed by atoms with van der Waals surface area (Å²) in [7, 11) is 0. The molecule has 1 aromatic heterocycles. The Bertz CT molecular complexity index is 606. The van der Waals surface area contributed by atoms with Gasteiger partial charge in [-0.15, -0.1) is 0 Å². The van der Waals surface area contributed by atoms with Crippen LogP contribution in [-0.4, -0.2) is 22.4 Å². The lowest BCUT2D eigenvalue weighted by atomic mass is 10.1. The summed E-state index contributed by atoms with van der Waals surface area (Å²) in [6.45, 7) is 2.59. The summed E-state index contributed by atoms with van der Waals surface area (Å²) in [4.78, 5) is 18.8. The molecule has 2 N–H and O–H groups in total. The van der Waals surface area contributed by atoms with Crippen molar-refractivity contribution in [3.63, 3.8) is 0 Å². The third-order valence-electron chi connectivity index (χ3n) is 2.79. The van der Waals surface area contributed by atoms with E-state index < -0.39 is 0 Å². The highest BCUT2D eigenvalue weighted by Crippen LogP contribution is 2.19. The van der Waals surface area contributed by atoms with Gasteiger partial charge in [0.15, 0.2) is 0 Å². The van der Waals surface area contributed by atoms with Crippen molar-refractivity contribution in [1.29, 1.82) is 0 Å². The molecule has 0 bridgehead atoms. The van der Waals surface area contributed by atoms with Gasteiger partial charge in [-0.1, -0.05) is 28.1 Å². The number of hydrogen-bond donors (Lipinski definition) is 2. The number of aromatic nitrogens is 2. The van der Waals surface area contributed by atoms with Gasteiger partial charge in [-0.3, -0.25) is 4.79 Å². The van der Waals surface area contributed by atoms with E-state index in [1.165, 1.54) is 11.6 Å². The predicted molar refractivity (Wildman–Crippen MR) is 83.2 cm³/mol. The Labute approximate surface area is 126 Å². The van der Waals surface area contributed by atoms with E-state index in [0.717, 1.165) is 15.9 Å². The quantitative estimate of drug-likeness (QED) is 0.826. The minimum atomic E-state index is -0.107. The molecule has 2 rings (SSSR count). The lowest BCUT2D eigenvalue weighted by Gasteiger charge is -2.01. The summed E-state index contributed by atoms with van der Waals surface area (Å²) in [5.74, 6) is 0.764. The molecule has 0 radical (unpaired) electrons.